The predicted octanol–water partition coefficient (Wildman–Crippen LogP) is 2.47. The normalized spacial score (nSPS) is 13.7. The minimum absolute atomic E-state index is 0.912. The van der Waals surface area contributed by atoms with E-state index in [4.69, 9.17) is 4.74 Å². The van der Waals surface area contributed by atoms with E-state index in [0.717, 1.165) is 18.6 Å². The minimum atomic E-state index is 0.912. The maximum atomic E-state index is 5.21. The van der Waals surface area contributed by atoms with E-state index in [9.17, 15) is 0 Å². The van der Waals surface area contributed by atoms with Gasteiger partial charge in [0.25, 0.3) is 0 Å². The number of ether oxygens (including phenoxy) is 1. The summed E-state index contributed by atoms with van der Waals surface area (Å²) in [6, 6.07) is 17.0. The smallest absolute Gasteiger partial charge is 0.118 e. The summed E-state index contributed by atoms with van der Waals surface area (Å²) in [4.78, 5) is 0. The first-order valence-corrected chi connectivity index (χ1v) is 6.31. The lowest BCUT2D eigenvalue weighted by molar-refractivity contribution is 0.415. The molecule has 1 nitrogen and oxygen atoms in total. The van der Waals surface area contributed by atoms with E-state index in [-0.39, 0.29) is 0 Å². The highest BCUT2D eigenvalue weighted by atomic mass is 16.5. The van der Waals surface area contributed by atoms with Gasteiger partial charge in [-0.1, -0.05) is 42.5 Å². The first-order chi connectivity index (χ1) is 8.88. The first kappa shape index (κ1) is 11.1. The molecule has 0 spiro atoms. The lowest BCUT2D eigenvalue weighted by Crippen LogP contribution is -2.29. The maximum absolute atomic E-state index is 5.21. The summed E-state index contributed by atoms with van der Waals surface area (Å²) < 4.78 is 5.21. The zero-order chi connectivity index (χ0) is 12.4. The van der Waals surface area contributed by atoms with E-state index in [1.54, 1.807) is 7.11 Å². The Balaban J connectivity index is 2.19. The fraction of sp³-hybridized carbons (Fsp3) is 0.176. The van der Waals surface area contributed by atoms with Gasteiger partial charge in [-0.25, -0.2) is 0 Å². The number of benzene rings is 2. The Labute approximate surface area is 107 Å². The third-order valence-corrected chi connectivity index (χ3v) is 3.48. The summed E-state index contributed by atoms with van der Waals surface area (Å²) in [5, 5.41) is 2.73. The summed E-state index contributed by atoms with van der Waals surface area (Å²) in [6.07, 6.45) is 4.56. The van der Waals surface area contributed by atoms with E-state index in [0.29, 0.717) is 0 Å². The lowest BCUT2D eigenvalue weighted by Gasteiger charge is -2.12. The van der Waals surface area contributed by atoms with Crippen LogP contribution in [0.15, 0.2) is 48.5 Å². The maximum Gasteiger partial charge on any atom is 0.118 e. The summed E-state index contributed by atoms with van der Waals surface area (Å²) in [7, 11) is 1.70. The molecule has 0 saturated carbocycles. The lowest BCUT2D eigenvalue weighted by atomic mass is 9.94. The largest absolute Gasteiger partial charge is 0.497 e. The van der Waals surface area contributed by atoms with Crippen LogP contribution in [0.3, 0.4) is 0 Å². The van der Waals surface area contributed by atoms with Crippen LogP contribution in [0.1, 0.15) is 18.4 Å². The molecule has 2 aromatic rings. The van der Waals surface area contributed by atoms with Crippen molar-refractivity contribution in [1.82, 2.24) is 0 Å². The molecule has 0 unspecified atom stereocenters. The van der Waals surface area contributed by atoms with Crippen molar-refractivity contribution >= 4 is 11.6 Å². The summed E-state index contributed by atoms with van der Waals surface area (Å²) in [6.45, 7) is 0. The highest BCUT2D eigenvalue weighted by Gasteiger charge is 2.06. The molecule has 1 aliphatic carbocycles. The van der Waals surface area contributed by atoms with Crippen LogP contribution in [0.4, 0.5) is 0 Å². The topological polar surface area (TPSA) is 9.23 Å². The average Bonchev–Trinajstić information content (AvgIpc) is 2.47. The van der Waals surface area contributed by atoms with Crippen molar-refractivity contribution in [3.8, 4) is 5.75 Å². The van der Waals surface area contributed by atoms with Crippen molar-refractivity contribution in [3.05, 3.63) is 64.5 Å². The van der Waals surface area contributed by atoms with Crippen LogP contribution < -0.4 is 15.2 Å². The summed E-state index contributed by atoms with van der Waals surface area (Å²) >= 11 is 0. The molecular formula is C17H16O. The van der Waals surface area contributed by atoms with Crippen molar-refractivity contribution < 1.29 is 4.74 Å². The standard InChI is InChI=1S/C17H16O/c1-18-15-11-9-14(10-12-15)17-8-4-6-13-5-2-3-7-16(13)17/h2-3,5-7,9-12H,4,8H2,1H3. The van der Waals surface area contributed by atoms with Crippen LogP contribution in [0.2, 0.25) is 0 Å². The molecular weight excluding hydrogens is 220 g/mol. The molecule has 0 saturated heterocycles. The Kier molecular flexibility index (Phi) is 2.89. The molecule has 0 N–H and O–H groups in total. The van der Waals surface area contributed by atoms with Crippen LogP contribution in [0, 0.1) is 0 Å². The summed E-state index contributed by atoms with van der Waals surface area (Å²) in [5.74, 6) is 0.912. The van der Waals surface area contributed by atoms with Crippen LogP contribution in [-0.2, 0) is 0 Å². The third-order valence-electron chi connectivity index (χ3n) is 3.48. The number of rotatable bonds is 2. The van der Waals surface area contributed by atoms with Crippen molar-refractivity contribution in [2.45, 2.75) is 12.8 Å². The first-order valence-electron chi connectivity index (χ1n) is 6.31. The van der Waals surface area contributed by atoms with Gasteiger partial charge >= 0.3 is 0 Å². The van der Waals surface area contributed by atoms with Gasteiger partial charge < -0.3 is 4.74 Å². The van der Waals surface area contributed by atoms with Crippen molar-refractivity contribution in [1.29, 1.82) is 0 Å². The van der Waals surface area contributed by atoms with Gasteiger partial charge in [-0.3, -0.25) is 0 Å². The molecule has 0 heterocycles. The van der Waals surface area contributed by atoms with Gasteiger partial charge in [0, 0.05) is 0 Å². The van der Waals surface area contributed by atoms with Gasteiger partial charge in [-0.15, -0.1) is 0 Å². The minimum Gasteiger partial charge on any atom is -0.497 e. The average molecular weight is 236 g/mol. The van der Waals surface area contributed by atoms with Gasteiger partial charge in [-0.2, -0.15) is 0 Å². The number of hydrogen-bond acceptors (Lipinski definition) is 1. The molecule has 0 radical (unpaired) electrons. The van der Waals surface area contributed by atoms with E-state index in [2.05, 4.69) is 42.5 Å². The van der Waals surface area contributed by atoms with Gasteiger partial charge in [0.05, 0.1) is 7.11 Å². The molecule has 18 heavy (non-hydrogen) atoms. The Morgan fingerprint density at radius 3 is 2.50 bits per heavy atom. The van der Waals surface area contributed by atoms with Crippen molar-refractivity contribution in [2.24, 2.45) is 0 Å². The molecule has 0 aromatic heterocycles. The molecule has 0 bridgehead atoms. The van der Waals surface area contributed by atoms with Gasteiger partial charge in [0.2, 0.25) is 0 Å². The SMILES string of the molecule is COc1ccc(C2=c3ccccc3=CCC2)cc1. The monoisotopic (exact) mass is 236 g/mol. The molecule has 2 aromatic carbocycles. The third kappa shape index (κ3) is 1.92. The zero-order valence-corrected chi connectivity index (χ0v) is 10.5. The molecule has 1 heteroatoms. The van der Waals surface area contributed by atoms with Crippen molar-refractivity contribution in [2.75, 3.05) is 7.11 Å². The predicted molar refractivity (Wildman–Crippen MR) is 74.9 cm³/mol. The van der Waals surface area contributed by atoms with Gasteiger partial charge in [0.1, 0.15) is 5.75 Å². The Morgan fingerprint density at radius 2 is 1.72 bits per heavy atom. The summed E-state index contributed by atoms with van der Waals surface area (Å²) in [5.41, 5.74) is 2.74. The fourth-order valence-electron chi connectivity index (χ4n) is 2.55. The van der Waals surface area contributed by atoms with E-state index in [1.807, 2.05) is 12.1 Å². The number of methoxy groups -OCH3 is 1. The second-order valence-electron chi connectivity index (χ2n) is 4.54. The fourth-order valence-corrected chi connectivity index (χ4v) is 2.55. The quantitative estimate of drug-likeness (QED) is 0.778. The van der Waals surface area contributed by atoms with Gasteiger partial charge in [0.15, 0.2) is 0 Å². The van der Waals surface area contributed by atoms with E-state index >= 15 is 0 Å². The molecule has 90 valence electrons. The van der Waals surface area contributed by atoms with E-state index < -0.39 is 0 Å². The van der Waals surface area contributed by atoms with Crippen LogP contribution in [0.5, 0.6) is 5.75 Å². The Bertz CT molecular complexity index is 666. The second kappa shape index (κ2) is 4.69. The number of hydrogen-bond donors (Lipinski definition) is 0. The Morgan fingerprint density at radius 1 is 0.944 bits per heavy atom. The zero-order valence-electron chi connectivity index (χ0n) is 10.5. The van der Waals surface area contributed by atoms with E-state index in [1.165, 1.54) is 21.6 Å². The second-order valence-corrected chi connectivity index (χ2v) is 4.54. The molecule has 3 rings (SSSR count). The van der Waals surface area contributed by atoms with Gasteiger partial charge in [-0.05, 0) is 46.5 Å². The molecule has 0 amide bonds. The van der Waals surface area contributed by atoms with Crippen LogP contribution >= 0.6 is 0 Å². The molecule has 0 aliphatic heterocycles. The van der Waals surface area contributed by atoms with Crippen molar-refractivity contribution in [3.63, 3.8) is 0 Å². The highest BCUT2D eigenvalue weighted by Crippen LogP contribution is 2.21. The molecule has 0 atom stereocenters. The van der Waals surface area contributed by atoms with Crippen LogP contribution in [-0.4, -0.2) is 7.11 Å². The number of fused-ring (bicyclic) bond motifs is 1. The highest BCUT2D eigenvalue weighted by molar-refractivity contribution is 5.68. The molecule has 0 fully saturated rings. The van der Waals surface area contributed by atoms with Crippen LogP contribution in [0.25, 0.3) is 11.6 Å². The molecule has 1 aliphatic rings. The Hall–Kier alpha value is -2.02.